The third kappa shape index (κ3) is 1.61. The van der Waals surface area contributed by atoms with Gasteiger partial charge in [0.1, 0.15) is 23.3 Å². The third-order valence-corrected chi connectivity index (χ3v) is 2.84. The molecule has 0 fully saturated rings. The Kier molecular flexibility index (Phi) is 2.72. The molecular formula is C13H15FO2. The Balaban J connectivity index is 2.65. The van der Waals surface area contributed by atoms with Gasteiger partial charge in [0, 0.05) is 5.56 Å². The van der Waals surface area contributed by atoms with Gasteiger partial charge < -0.3 is 9.52 Å². The van der Waals surface area contributed by atoms with E-state index in [-0.39, 0.29) is 11.7 Å². The van der Waals surface area contributed by atoms with Gasteiger partial charge >= 0.3 is 0 Å². The van der Waals surface area contributed by atoms with E-state index in [9.17, 15) is 9.50 Å². The summed E-state index contributed by atoms with van der Waals surface area (Å²) >= 11 is 0. The highest BCUT2D eigenvalue weighted by atomic mass is 19.1. The molecule has 0 radical (unpaired) electrons. The number of furan rings is 1. The quantitative estimate of drug-likeness (QED) is 0.842. The normalized spacial score (nSPS) is 13.6. The average Bonchev–Trinajstić information content (AvgIpc) is 2.56. The second-order valence-electron chi connectivity index (χ2n) is 4.39. The Morgan fingerprint density at radius 3 is 2.56 bits per heavy atom. The SMILES string of the molecule is Cc1c(C(O)C(C)C)oc2cccc(F)c12. The number of rotatable bonds is 2. The maximum Gasteiger partial charge on any atom is 0.137 e. The lowest BCUT2D eigenvalue weighted by molar-refractivity contribution is 0.104. The molecule has 2 aromatic rings. The molecule has 2 nitrogen and oxygen atoms in total. The van der Waals surface area contributed by atoms with Crippen molar-refractivity contribution in [2.75, 3.05) is 0 Å². The topological polar surface area (TPSA) is 33.4 Å². The number of benzene rings is 1. The molecule has 0 amide bonds. The average molecular weight is 222 g/mol. The minimum Gasteiger partial charge on any atom is -0.458 e. The van der Waals surface area contributed by atoms with Crippen molar-refractivity contribution in [3.05, 3.63) is 35.3 Å². The highest BCUT2D eigenvalue weighted by Crippen LogP contribution is 2.33. The lowest BCUT2D eigenvalue weighted by Gasteiger charge is -2.12. The molecule has 1 aromatic carbocycles. The molecule has 1 atom stereocenters. The van der Waals surface area contributed by atoms with Crippen molar-refractivity contribution in [3.63, 3.8) is 0 Å². The van der Waals surface area contributed by atoms with Gasteiger partial charge in [0.05, 0.1) is 5.39 Å². The number of hydrogen-bond acceptors (Lipinski definition) is 2. The van der Waals surface area contributed by atoms with E-state index < -0.39 is 6.10 Å². The Morgan fingerprint density at radius 2 is 2.00 bits per heavy atom. The van der Waals surface area contributed by atoms with Gasteiger partial charge in [-0.25, -0.2) is 4.39 Å². The van der Waals surface area contributed by atoms with Gasteiger partial charge in [0.2, 0.25) is 0 Å². The van der Waals surface area contributed by atoms with Gasteiger partial charge in [0.15, 0.2) is 0 Å². The van der Waals surface area contributed by atoms with E-state index in [4.69, 9.17) is 4.42 Å². The summed E-state index contributed by atoms with van der Waals surface area (Å²) in [6.45, 7) is 5.57. The summed E-state index contributed by atoms with van der Waals surface area (Å²) in [7, 11) is 0. The molecule has 2 rings (SSSR count). The first-order chi connectivity index (χ1) is 7.52. The number of fused-ring (bicyclic) bond motifs is 1. The standard InChI is InChI=1S/C13H15FO2/c1-7(2)12(15)13-8(3)11-9(14)5-4-6-10(11)16-13/h4-7,12,15H,1-3H3. The van der Waals surface area contributed by atoms with Crippen molar-refractivity contribution >= 4 is 11.0 Å². The van der Waals surface area contributed by atoms with Crippen LogP contribution in [0.25, 0.3) is 11.0 Å². The summed E-state index contributed by atoms with van der Waals surface area (Å²) < 4.78 is 19.1. The predicted octanol–water partition coefficient (Wildman–Crippen LogP) is 3.57. The van der Waals surface area contributed by atoms with Gasteiger partial charge in [-0.05, 0) is 25.0 Å². The summed E-state index contributed by atoms with van der Waals surface area (Å²) in [6.07, 6.45) is -0.688. The molecule has 0 aliphatic heterocycles. The predicted molar refractivity (Wildman–Crippen MR) is 60.7 cm³/mol. The van der Waals surface area contributed by atoms with Crippen molar-refractivity contribution in [1.29, 1.82) is 0 Å². The van der Waals surface area contributed by atoms with E-state index in [2.05, 4.69) is 0 Å². The highest BCUT2D eigenvalue weighted by molar-refractivity contribution is 5.82. The third-order valence-electron chi connectivity index (χ3n) is 2.84. The molecule has 0 saturated carbocycles. The maximum atomic E-state index is 13.6. The zero-order chi connectivity index (χ0) is 11.9. The van der Waals surface area contributed by atoms with Crippen LogP contribution in [-0.2, 0) is 0 Å². The van der Waals surface area contributed by atoms with Crippen LogP contribution in [0.2, 0.25) is 0 Å². The lowest BCUT2D eigenvalue weighted by Crippen LogP contribution is -2.05. The molecule has 0 spiro atoms. The fourth-order valence-corrected chi connectivity index (χ4v) is 1.86. The fourth-order valence-electron chi connectivity index (χ4n) is 1.86. The van der Waals surface area contributed by atoms with Crippen LogP contribution >= 0.6 is 0 Å². The van der Waals surface area contributed by atoms with Crippen molar-refractivity contribution < 1.29 is 13.9 Å². The van der Waals surface area contributed by atoms with Crippen molar-refractivity contribution in [1.82, 2.24) is 0 Å². The monoisotopic (exact) mass is 222 g/mol. The summed E-state index contributed by atoms with van der Waals surface area (Å²) in [5, 5.41) is 10.4. The van der Waals surface area contributed by atoms with Crippen LogP contribution in [0.3, 0.4) is 0 Å². The molecule has 1 heterocycles. The number of aliphatic hydroxyl groups is 1. The van der Waals surface area contributed by atoms with Gasteiger partial charge in [0.25, 0.3) is 0 Å². The first-order valence-corrected chi connectivity index (χ1v) is 5.38. The second-order valence-corrected chi connectivity index (χ2v) is 4.39. The second kappa shape index (κ2) is 3.91. The molecule has 0 aliphatic carbocycles. The first kappa shape index (κ1) is 11.1. The van der Waals surface area contributed by atoms with Crippen molar-refractivity contribution in [2.45, 2.75) is 26.9 Å². The lowest BCUT2D eigenvalue weighted by atomic mass is 10.0. The molecule has 0 bridgehead atoms. The fraction of sp³-hybridized carbons (Fsp3) is 0.385. The minimum absolute atomic E-state index is 0.0438. The van der Waals surface area contributed by atoms with E-state index in [1.54, 1.807) is 19.1 Å². The van der Waals surface area contributed by atoms with E-state index in [1.165, 1.54) is 6.07 Å². The molecule has 1 aromatic heterocycles. The van der Waals surface area contributed by atoms with Crippen LogP contribution in [0.4, 0.5) is 4.39 Å². The van der Waals surface area contributed by atoms with Crippen LogP contribution < -0.4 is 0 Å². The molecule has 1 unspecified atom stereocenters. The summed E-state index contributed by atoms with van der Waals surface area (Å²) in [4.78, 5) is 0. The van der Waals surface area contributed by atoms with Crippen LogP contribution in [0.5, 0.6) is 0 Å². The Labute approximate surface area is 93.7 Å². The summed E-state index contributed by atoms with van der Waals surface area (Å²) in [6, 6.07) is 4.71. The van der Waals surface area contributed by atoms with Gasteiger partial charge in [-0.2, -0.15) is 0 Å². The van der Waals surface area contributed by atoms with Gasteiger partial charge in [-0.3, -0.25) is 0 Å². The van der Waals surface area contributed by atoms with Crippen LogP contribution in [0.1, 0.15) is 31.3 Å². The van der Waals surface area contributed by atoms with Gasteiger partial charge in [-0.1, -0.05) is 19.9 Å². The number of aliphatic hydroxyl groups excluding tert-OH is 1. The molecule has 16 heavy (non-hydrogen) atoms. The van der Waals surface area contributed by atoms with Gasteiger partial charge in [-0.15, -0.1) is 0 Å². The molecule has 86 valence electrons. The van der Waals surface area contributed by atoms with Crippen LogP contribution in [-0.4, -0.2) is 5.11 Å². The molecule has 0 saturated heterocycles. The van der Waals surface area contributed by atoms with Crippen LogP contribution in [0.15, 0.2) is 22.6 Å². The van der Waals surface area contributed by atoms with E-state index in [0.29, 0.717) is 22.3 Å². The molecular weight excluding hydrogens is 207 g/mol. The number of aryl methyl sites for hydroxylation is 1. The van der Waals surface area contributed by atoms with Crippen molar-refractivity contribution in [3.8, 4) is 0 Å². The molecule has 1 N–H and O–H groups in total. The maximum absolute atomic E-state index is 13.6. The summed E-state index contributed by atoms with van der Waals surface area (Å²) in [5.74, 6) is 0.207. The number of halogens is 1. The Bertz CT molecular complexity index is 514. The number of hydrogen-bond donors (Lipinski definition) is 1. The first-order valence-electron chi connectivity index (χ1n) is 5.38. The minimum atomic E-state index is -0.688. The zero-order valence-corrected chi connectivity index (χ0v) is 9.62. The van der Waals surface area contributed by atoms with E-state index in [1.807, 2.05) is 13.8 Å². The van der Waals surface area contributed by atoms with Crippen molar-refractivity contribution in [2.24, 2.45) is 5.92 Å². The smallest absolute Gasteiger partial charge is 0.137 e. The zero-order valence-electron chi connectivity index (χ0n) is 9.62. The van der Waals surface area contributed by atoms with Crippen LogP contribution in [0, 0.1) is 18.7 Å². The highest BCUT2D eigenvalue weighted by Gasteiger charge is 2.22. The summed E-state index contributed by atoms with van der Waals surface area (Å²) in [5.41, 5.74) is 1.18. The Morgan fingerprint density at radius 1 is 1.31 bits per heavy atom. The Hall–Kier alpha value is -1.35. The molecule has 0 aliphatic rings. The molecule has 3 heteroatoms. The van der Waals surface area contributed by atoms with E-state index >= 15 is 0 Å². The van der Waals surface area contributed by atoms with E-state index in [0.717, 1.165) is 0 Å². The largest absolute Gasteiger partial charge is 0.458 e.